The van der Waals surface area contributed by atoms with Gasteiger partial charge in [0, 0.05) is 30.8 Å². The van der Waals surface area contributed by atoms with Gasteiger partial charge in [-0.15, -0.1) is 0 Å². The molecule has 1 atom stereocenters. The number of nitrogens with zero attached hydrogens (tertiary/aromatic N) is 2. The second-order valence-corrected chi connectivity index (χ2v) is 5.67. The molecule has 0 saturated carbocycles. The SMILES string of the molecule is CCNC(Cc1cc(CC)nn1C)c1c(C)oc(C)c1C. The second kappa shape index (κ2) is 6.48. The van der Waals surface area contributed by atoms with Crippen LogP contribution in [0, 0.1) is 20.8 Å². The van der Waals surface area contributed by atoms with Crippen LogP contribution in [0.2, 0.25) is 0 Å². The first-order chi connectivity index (χ1) is 9.97. The van der Waals surface area contributed by atoms with Crippen LogP contribution in [0.3, 0.4) is 0 Å². The van der Waals surface area contributed by atoms with E-state index in [-0.39, 0.29) is 6.04 Å². The van der Waals surface area contributed by atoms with Crippen LogP contribution in [0.15, 0.2) is 10.5 Å². The van der Waals surface area contributed by atoms with Gasteiger partial charge in [0.15, 0.2) is 0 Å². The molecule has 0 radical (unpaired) electrons. The Balaban J connectivity index is 2.32. The van der Waals surface area contributed by atoms with E-state index in [1.165, 1.54) is 16.8 Å². The molecule has 0 aliphatic rings. The Kier molecular flexibility index (Phi) is 4.88. The molecule has 0 bridgehead atoms. The van der Waals surface area contributed by atoms with Gasteiger partial charge in [0.05, 0.1) is 5.69 Å². The molecular weight excluding hydrogens is 262 g/mol. The lowest BCUT2D eigenvalue weighted by molar-refractivity contribution is 0.480. The third-order valence-electron chi connectivity index (χ3n) is 4.22. The summed E-state index contributed by atoms with van der Waals surface area (Å²) in [6, 6.07) is 2.48. The Morgan fingerprint density at radius 3 is 2.43 bits per heavy atom. The molecule has 0 aromatic carbocycles. The number of nitrogens with one attached hydrogen (secondary N) is 1. The maximum Gasteiger partial charge on any atom is 0.106 e. The van der Waals surface area contributed by atoms with Crippen LogP contribution in [0.25, 0.3) is 0 Å². The van der Waals surface area contributed by atoms with Crippen molar-refractivity contribution in [1.29, 1.82) is 0 Å². The Hall–Kier alpha value is -1.55. The summed E-state index contributed by atoms with van der Waals surface area (Å²) in [6.07, 6.45) is 1.90. The van der Waals surface area contributed by atoms with Crippen LogP contribution in [0.1, 0.15) is 53.9 Å². The fourth-order valence-electron chi connectivity index (χ4n) is 2.99. The zero-order valence-electron chi connectivity index (χ0n) is 14.1. The van der Waals surface area contributed by atoms with Crippen LogP contribution < -0.4 is 5.32 Å². The van der Waals surface area contributed by atoms with Gasteiger partial charge in [-0.1, -0.05) is 13.8 Å². The number of likely N-dealkylation sites (N-methyl/N-ethyl adjacent to an activating group) is 1. The van der Waals surface area contributed by atoms with E-state index in [4.69, 9.17) is 4.42 Å². The van der Waals surface area contributed by atoms with Crippen molar-refractivity contribution in [3.8, 4) is 0 Å². The number of aryl methyl sites for hydroxylation is 4. The van der Waals surface area contributed by atoms with E-state index in [0.717, 1.165) is 36.6 Å². The van der Waals surface area contributed by atoms with E-state index in [9.17, 15) is 0 Å². The van der Waals surface area contributed by atoms with Crippen molar-refractivity contribution in [2.75, 3.05) is 6.54 Å². The van der Waals surface area contributed by atoms with Gasteiger partial charge in [0.25, 0.3) is 0 Å². The van der Waals surface area contributed by atoms with Crippen molar-refractivity contribution < 1.29 is 4.42 Å². The molecule has 0 fully saturated rings. The van der Waals surface area contributed by atoms with Gasteiger partial charge in [-0.2, -0.15) is 5.10 Å². The van der Waals surface area contributed by atoms with Crippen LogP contribution in [-0.4, -0.2) is 16.3 Å². The minimum Gasteiger partial charge on any atom is -0.466 e. The highest BCUT2D eigenvalue weighted by atomic mass is 16.3. The predicted octanol–water partition coefficient (Wildman–Crippen LogP) is 3.39. The van der Waals surface area contributed by atoms with Gasteiger partial charge in [0.2, 0.25) is 0 Å². The van der Waals surface area contributed by atoms with E-state index in [1.807, 2.05) is 18.7 Å². The van der Waals surface area contributed by atoms with Crippen molar-refractivity contribution in [3.05, 3.63) is 40.1 Å². The summed E-state index contributed by atoms with van der Waals surface area (Å²) in [7, 11) is 2.03. The van der Waals surface area contributed by atoms with E-state index in [2.05, 4.69) is 44.2 Å². The summed E-state index contributed by atoms with van der Waals surface area (Å²) in [5.74, 6) is 2.04. The first-order valence-electron chi connectivity index (χ1n) is 7.79. The second-order valence-electron chi connectivity index (χ2n) is 5.67. The van der Waals surface area contributed by atoms with Crippen LogP contribution in [0.5, 0.6) is 0 Å². The molecule has 4 heteroatoms. The summed E-state index contributed by atoms with van der Waals surface area (Å²) < 4.78 is 7.81. The maximum absolute atomic E-state index is 5.80. The normalized spacial score (nSPS) is 12.9. The minimum atomic E-state index is 0.271. The molecule has 1 unspecified atom stereocenters. The first kappa shape index (κ1) is 15.8. The van der Waals surface area contributed by atoms with E-state index in [0.29, 0.717) is 0 Å². The Labute approximate surface area is 127 Å². The number of aromatic nitrogens is 2. The molecule has 2 aromatic heterocycles. The number of hydrogen-bond acceptors (Lipinski definition) is 3. The lowest BCUT2D eigenvalue weighted by Crippen LogP contribution is -2.24. The number of furan rings is 1. The molecule has 116 valence electrons. The standard InChI is InChI=1S/C17H27N3O/c1-7-14-9-15(20(6)19-14)10-16(18-8-2)17-11(3)12(4)21-13(17)5/h9,16,18H,7-8,10H2,1-6H3. The Morgan fingerprint density at radius 1 is 1.24 bits per heavy atom. The summed E-state index contributed by atoms with van der Waals surface area (Å²) in [6.45, 7) is 11.5. The molecule has 0 spiro atoms. The monoisotopic (exact) mass is 289 g/mol. The van der Waals surface area contributed by atoms with Crippen LogP contribution in [0.4, 0.5) is 0 Å². The van der Waals surface area contributed by atoms with Crippen molar-refractivity contribution in [1.82, 2.24) is 15.1 Å². The molecule has 0 amide bonds. The summed E-state index contributed by atoms with van der Waals surface area (Å²) in [5.41, 5.74) is 4.97. The van der Waals surface area contributed by atoms with E-state index < -0.39 is 0 Å². The minimum absolute atomic E-state index is 0.271. The predicted molar refractivity (Wildman–Crippen MR) is 85.6 cm³/mol. The Morgan fingerprint density at radius 2 is 1.95 bits per heavy atom. The van der Waals surface area contributed by atoms with Gasteiger partial charge >= 0.3 is 0 Å². The number of rotatable bonds is 6. The van der Waals surface area contributed by atoms with Crippen molar-refractivity contribution in [2.45, 2.75) is 53.5 Å². The fraction of sp³-hybridized carbons (Fsp3) is 0.588. The summed E-state index contributed by atoms with van der Waals surface area (Å²) >= 11 is 0. The maximum atomic E-state index is 5.80. The van der Waals surface area contributed by atoms with E-state index in [1.54, 1.807) is 0 Å². The Bertz CT molecular complexity index is 610. The van der Waals surface area contributed by atoms with E-state index >= 15 is 0 Å². The molecular formula is C17H27N3O. The van der Waals surface area contributed by atoms with Gasteiger partial charge < -0.3 is 9.73 Å². The third kappa shape index (κ3) is 3.21. The van der Waals surface area contributed by atoms with Crippen molar-refractivity contribution >= 4 is 0 Å². The zero-order valence-corrected chi connectivity index (χ0v) is 14.1. The topological polar surface area (TPSA) is 43.0 Å². The van der Waals surface area contributed by atoms with Gasteiger partial charge in [-0.05, 0) is 45.4 Å². The van der Waals surface area contributed by atoms with Crippen LogP contribution >= 0.6 is 0 Å². The molecule has 4 nitrogen and oxygen atoms in total. The highest BCUT2D eigenvalue weighted by molar-refractivity contribution is 5.35. The zero-order chi connectivity index (χ0) is 15.6. The highest BCUT2D eigenvalue weighted by Crippen LogP contribution is 2.29. The molecule has 2 aromatic rings. The highest BCUT2D eigenvalue weighted by Gasteiger charge is 2.22. The van der Waals surface area contributed by atoms with Crippen molar-refractivity contribution in [3.63, 3.8) is 0 Å². The van der Waals surface area contributed by atoms with Crippen molar-refractivity contribution in [2.24, 2.45) is 7.05 Å². The quantitative estimate of drug-likeness (QED) is 0.886. The average Bonchev–Trinajstić information content (AvgIpc) is 2.90. The molecule has 1 N–H and O–H groups in total. The van der Waals surface area contributed by atoms with Gasteiger partial charge in [-0.3, -0.25) is 4.68 Å². The molecule has 0 aliphatic heterocycles. The molecule has 2 rings (SSSR count). The first-order valence-corrected chi connectivity index (χ1v) is 7.79. The smallest absolute Gasteiger partial charge is 0.106 e. The fourth-order valence-corrected chi connectivity index (χ4v) is 2.99. The summed E-state index contributed by atoms with van der Waals surface area (Å²) in [5, 5.41) is 8.15. The summed E-state index contributed by atoms with van der Waals surface area (Å²) in [4.78, 5) is 0. The largest absolute Gasteiger partial charge is 0.466 e. The number of hydrogen-bond donors (Lipinski definition) is 1. The molecule has 0 aliphatic carbocycles. The molecule has 0 saturated heterocycles. The van der Waals surface area contributed by atoms with Gasteiger partial charge in [-0.25, -0.2) is 0 Å². The average molecular weight is 289 g/mol. The lowest BCUT2D eigenvalue weighted by atomic mass is 9.97. The molecule has 2 heterocycles. The van der Waals surface area contributed by atoms with Crippen LogP contribution in [-0.2, 0) is 19.9 Å². The molecule has 21 heavy (non-hydrogen) atoms. The lowest BCUT2D eigenvalue weighted by Gasteiger charge is -2.18. The van der Waals surface area contributed by atoms with Gasteiger partial charge in [0.1, 0.15) is 11.5 Å². The third-order valence-corrected chi connectivity index (χ3v) is 4.22.